The van der Waals surface area contributed by atoms with Gasteiger partial charge in [-0.25, -0.2) is 0 Å². The van der Waals surface area contributed by atoms with Crippen LogP contribution in [0, 0.1) is 5.41 Å². The van der Waals surface area contributed by atoms with Crippen LogP contribution in [0.2, 0.25) is 0 Å². The van der Waals surface area contributed by atoms with Gasteiger partial charge in [0, 0.05) is 45.7 Å². The van der Waals surface area contributed by atoms with Crippen molar-refractivity contribution in [2.75, 3.05) is 32.7 Å². The van der Waals surface area contributed by atoms with E-state index >= 15 is 0 Å². The monoisotopic (exact) mass is 301 g/mol. The van der Waals surface area contributed by atoms with Crippen LogP contribution < -0.4 is 5.32 Å². The molecule has 118 valence electrons. The first kappa shape index (κ1) is 15.0. The Morgan fingerprint density at radius 2 is 1.86 bits per heavy atom. The molecule has 2 aliphatic heterocycles. The molecular formula is C17H23N3O2. The summed E-state index contributed by atoms with van der Waals surface area (Å²) in [5.74, 6) is 0.101. The molecule has 2 fully saturated rings. The Morgan fingerprint density at radius 3 is 2.45 bits per heavy atom. The second-order valence-electron chi connectivity index (χ2n) is 6.57. The number of rotatable bonds is 3. The molecule has 0 bridgehead atoms. The molecule has 22 heavy (non-hydrogen) atoms. The molecule has 0 saturated carbocycles. The van der Waals surface area contributed by atoms with E-state index in [1.54, 1.807) is 0 Å². The Morgan fingerprint density at radius 1 is 1.18 bits per heavy atom. The zero-order valence-corrected chi connectivity index (χ0v) is 13.0. The van der Waals surface area contributed by atoms with Crippen LogP contribution in [0.3, 0.4) is 0 Å². The quantitative estimate of drug-likeness (QED) is 0.901. The fourth-order valence-electron chi connectivity index (χ4n) is 3.26. The molecular weight excluding hydrogens is 278 g/mol. The number of hydrogen-bond acceptors (Lipinski definition) is 3. The summed E-state index contributed by atoms with van der Waals surface area (Å²) in [6.45, 7) is 6.56. The molecule has 1 unspecified atom stereocenters. The highest BCUT2D eigenvalue weighted by atomic mass is 16.2. The minimum absolute atomic E-state index is 0.0152. The molecule has 0 aliphatic carbocycles. The molecule has 3 rings (SSSR count). The van der Waals surface area contributed by atoms with Crippen molar-refractivity contribution in [2.24, 2.45) is 5.41 Å². The van der Waals surface area contributed by atoms with Gasteiger partial charge >= 0.3 is 0 Å². The topological polar surface area (TPSA) is 52.7 Å². The lowest BCUT2D eigenvalue weighted by Gasteiger charge is -2.38. The van der Waals surface area contributed by atoms with Crippen LogP contribution in [0.4, 0.5) is 0 Å². The molecule has 1 aromatic carbocycles. The van der Waals surface area contributed by atoms with Gasteiger partial charge in [0.25, 0.3) is 0 Å². The summed E-state index contributed by atoms with van der Waals surface area (Å²) in [5, 5.41) is 2.77. The average molecular weight is 301 g/mol. The maximum Gasteiger partial charge on any atom is 0.230 e. The molecule has 1 N–H and O–H groups in total. The van der Waals surface area contributed by atoms with Gasteiger partial charge in [-0.2, -0.15) is 0 Å². The minimum Gasteiger partial charge on any atom is -0.355 e. The molecule has 2 aliphatic rings. The molecule has 1 aromatic rings. The smallest absolute Gasteiger partial charge is 0.230 e. The van der Waals surface area contributed by atoms with E-state index in [1.807, 2.05) is 17.9 Å². The summed E-state index contributed by atoms with van der Waals surface area (Å²) in [7, 11) is 0. The normalized spacial score (nSPS) is 26.0. The van der Waals surface area contributed by atoms with Crippen molar-refractivity contribution in [1.82, 2.24) is 15.1 Å². The predicted octanol–water partition coefficient (Wildman–Crippen LogP) is 0.857. The van der Waals surface area contributed by atoms with Crippen molar-refractivity contribution in [3.05, 3.63) is 35.9 Å². The molecule has 5 nitrogen and oxygen atoms in total. The van der Waals surface area contributed by atoms with E-state index in [2.05, 4.69) is 34.5 Å². The zero-order chi connectivity index (χ0) is 15.6. The van der Waals surface area contributed by atoms with Crippen molar-refractivity contribution < 1.29 is 9.59 Å². The van der Waals surface area contributed by atoms with E-state index in [0.717, 1.165) is 32.7 Å². The number of benzene rings is 1. The lowest BCUT2D eigenvalue weighted by molar-refractivity contribution is -0.143. The third-order valence-corrected chi connectivity index (χ3v) is 4.65. The van der Waals surface area contributed by atoms with Gasteiger partial charge < -0.3 is 10.2 Å². The van der Waals surface area contributed by atoms with Crippen molar-refractivity contribution in [3.63, 3.8) is 0 Å². The summed E-state index contributed by atoms with van der Waals surface area (Å²) in [6, 6.07) is 10.4. The first-order chi connectivity index (χ1) is 10.6. The van der Waals surface area contributed by atoms with Gasteiger partial charge in [-0.3, -0.25) is 14.5 Å². The zero-order valence-electron chi connectivity index (χ0n) is 13.0. The first-order valence-electron chi connectivity index (χ1n) is 7.89. The minimum atomic E-state index is -0.557. The Labute approximate surface area is 131 Å². The highest BCUT2D eigenvalue weighted by Gasteiger charge is 2.43. The first-order valence-corrected chi connectivity index (χ1v) is 7.89. The van der Waals surface area contributed by atoms with Gasteiger partial charge in [-0.15, -0.1) is 0 Å². The third kappa shape index (κ3) is 3.14. The van der Waals surface area contributed by atoms with E-state index in [9.17, 15) is 9.59 Å². The molecule has 5 heteroatoms. The van der Waals surface area contributed by atoms with Gasteiger partial charge in [0.2, 0.25) is 11.8 Å². The molecule has 0 spiro atoms. The highest BCUT2D eigenvalue weighted by Crippen LogP contribution is 2.28. The number of amides is 2. The molecule has 1 atom stereocenters. The van der Waals surface area contributed by atoms with Crippen LogP contribution in [-0.4, -0.2) is 54.3 Å². The summed E-state index contributed by atoms with van der Waals surface area (Å²) >= 11 is 0. The number of nitrogens with one attached hydrogen (secondary N) is 1. The summed E-state index contributed by atoms with van der Waals surface area (Å²) in [5.41, 5.74) is 0.749. The van der Waals surface area contributed by atoms with Crippen LogP contribution in [0.25, 0.3) is 0 Å². The molecule has 2 heterocycles. The maximum atomic E-state index is 12.6. The van der Waals surface area contributed by atoms with Gasteiger partial charge in [0.1, 0.15) is 0 Å². The van der Waals surface area contributed by atoms with E-state index in [-0.39, 0.29) is 11.8 Å². The third-order valence-electron chi connectivity index (χ3n) is 4.65. The van der Waals surface area contributed by atoms with E-state index < -0.39 is 5.41 Å². The number of carbonyl (C=O) groups is 2. The summed E-state index contributed by atoms with van der Waals surface area (Å²) < 4.78 is 0. The molecule has 0 aromatic heterocycles. The fourth-order valence-corrected chi connectivity index (χ4v) is 3.26. The number of piperazine rings is 1. The van der Waals surface area contributed by atoms with E-state index in [0.29, 0.717) is 13.0 Å². The molecule has 2 amide bonds. The van der Waals surface area contributed by atoms with Crippen LogP contribution in [0.5, 0.6) is 0 Å². The van der Waals surface area contributed by atoms with Gasteiger partial charge in [0.05, 0.1) is 5.41 Å². The second-order valence-corrected chi connectivity index (χ2v) is 6.57. The SMILES string of the molecule is CC1(C(=O)N2CCN(Cc3ccccc3)CC2)CNC(=O)C1. The lowest BCUT2D eigenvalue weighted by atomic mass is 9.87. The van der Waals surface area contributed by atoms with Crippen LogP contribution in [0.1, 0.15) is 18.9 Å². The molecule has 0 radical (unpaired) electrons. The van der Waals surface area contributed by atoms with Gasteiger partial charge in [-0.05, 0) is 12.5 Å². The molecule has 2 saturated heterocycles. The average Bonchev–Trinajstić information content (AvgIpc) is 2.89. The Bertz CT molecular complexity index is 552. The van der Waals surface area contributed by atoms with Crippen molar-refractivity contribution in [2.45, 2.75) is 19.9 Å². The predicted molar refractivity (Wildman–Crippen MR) is 84.0 cm³/mol. The number of nitrogens with zero attached hydrogens (tertiary/aromatic N) is 2. The van der Waals surface area contributed by atoms with Crippen molar-refractivity contribution in [3.8, 4) is 0 Å². The van der Waals surface area contributed by atoms with Gasteiger partial charge in [-0.1, -0.05) is 30.3 Å². The fraction of sp³-hybridized carbons (Fsp3) is 0.529. The van der Waals surface area contributed by atoms with Crippen molar-refractivity contribution in [1.29, 1.82) is 0 Å². The largest absolute Gasteiger partial charge is 0.355 e. The Hall–Kier alpha value is -1.88. The lowest BCUT2D eigenvalue weighted by Crippen LogP contribution is -2.52. The standard InChI is InChI=1S/C17H23N3O2/c1-17(11-15(21)18-13-17)16(22)20-9-7-19(8-10-20)12-14-5-3-2-4-6-14/h2-6H,7-13H2,1H3,(H,18,21). The second kappa shape index (κ2) is 6.08. The maximum absolute atomic E-state index is 12.6. The Kier molecular flexibility index (Phi) is 4.16. The van der Waals surface area contributed by atoms with E-state index in [4.69, 9.17) is 0 Å². The van der Waals surface area contributed by atoms with E-state index in [1.165, 1.54) is 5.56 Å². The Balaban J connectivity index is 1.53. The number of hydrogen-bond donors (Lipinski definition) is 1. The van der Waals surface area contributed by atoms with Gasteiger partial charge in [0.15, 0.2) is 0 Å². The summed E-state index contributed by atoms with van der Waals surface area (Å²) in [4.78, 5) is 28.4. The summed E-state index contributed by atoms with van der Waals surface area (Å²) in [6.07, 6.45) is 0.316. The van der Waals surface area contributed by atoms with Crippen molar-refractivity contribution >= 4 is 11.8 Å². The van der Waals surface area contributed by atoms with Crippen LogP contribution in [-0.2, 0) is 16.1 Å². The van der Waals surface area contributed by atoms with Crippen LogP contribution >= 0.6 is 0 Å². The number of carbonyl (C=O) groups excluding carboxylic acids is 2. The highest BCUT2D eigenvalue weighted by molar-refractivity contribution is 5.92. The van der Waals surface area contributed by atoms with Crippen LogP contribution in [0.15, 0.2) is 30.3 Å².